The van der Waals surface area contributed by atoms with Crippen LogP contribution in [0.1, 0.15) is 46.6 Å². The van der Waals surface area contributed by atoms with Gasteiger partial charge in [-0.3, -0.25) is 28.8 Å². The Balaban J connectivity index is 2.52. The van der Waals surface area contributed by atoms with Gasteiger partial charge in [-0.15, -0.1) is 0 Å². The summed E-state index contributed by atoms with van der Waals surface area (Å²) in [4.78, 5) is 79.8. The number of aromatic hydroxyl groups is 1. The molecule has 0 radical (unpaired) electrons. The minimum Gasteiger partial charge on any atom is -0.508 e. The lowest BCUT2D eigenvalue weighted by atomic mass is 9.97. The fourth-order valence-electron chi connectivity index (χ4n) is 4.41. The van der Waals surface area contributed by atoms with Crippen LogP contribution in [0.2, 0.25) is 0 Å². The highest BCUT2D eigenvalue weighted by molar-refractivity contribution is 7.80. The van der Waals surface area contributed by atoms with Crippen molar-refractivity contribution in [2.24, 2.45) is 11.8 Å². The number of phenols is 1. The van der Waals surface area contributed by atoms with Gasteiger partial charge in [-0.1, -0.05) is 46.2 Å². The monoisotopic (exact) mass is 652 g/mol. The highest BCUT2D eigenvalue weighted by Crippen LogP contribution is 2.13. The molecule has 1 aliphatic heterocycles. The summed E-state index contributed by atoms with van der Waals surface area (Å²) in [5.41, 5.74) is 0.601. The van der Waals surface area contributed by atoms with Crippen LogP contribution in [0.15, 0.2) is 24.3 Å². The molecule has 1 aromatic carbocycles. The molecule has 244 valence electrons. The van der Waals surface area contributed by atoms with E-state index in [1.165, 1.54) is 19.1 Å². The second kappa shape index (κ2) is 17.1. The Morgan fingerprint density at radius 2 is 1.11 bits per heavy atom. The lowest BCUT2D eigenvalue weighted by molar-refractivity contribution is -0.137. The van der Waals surface area contributed by atoms with Crippen molar-refractivity contribution in [3.63, 3.8) is 0 Å². The van der Waals surface area contributed by atoms with Crippen LogP contribution in [-0.4, -0.2) is 88.3 Å². The van der Waals surface area contributed by atoms with Crippen molar-refractivity contribution in [3.05, 3.63) is 29.8 Å². The zero-order valence-electron chi connectivity index (χ0n) is 25.5. The van der Waals surface area contributed by atoms with Crippen LogP contribution in [0.25, 0.3) is 0 Å². The van der Waals surface area contributed by atoms with Crippen molar-refractivity contribution in [2.45, 2.75) is 83.7 Å². The Morgan fingerprint density at radius 1 is 0.659 bits per heavy atom. The van der Waals surface area contributed by atoms with Crippen LogP contribution in [0.5, 0.6) is 5.75 Å². The van der Waals surface area contributed by atoms with Crippen LogP contribution in [-0.2, 0) is 35.2 Å². The molecule has 0 bridgehead atoms. The maximum atomic E-state index is 13.5. The Morgan fingerprint density at radius 3 is 1.61 bits per heavy atom. The number of amides is 6. The predicted molar refractivity (Wildman–Crippen MR) is 171 cm³/mol. The Labute approximate surface area is 268 Å². The van der Waals surface area contributed by atoms with Gasteiger partial charge in [0, 0.05) is 17.9 Å². The van der Waals surface area contributed by atoms with Crippen molar-refractivity contribution in [3.8, 4) is 5.75 Å². The predicted octanol–water partition coefficient (Wildman–Crippen LogP) is -0.561. The molecule has 2 rings (SSSR count). The van der Waals surface area contributed by atoms with Crippen molar-refractivity contribution in [2.75, 3.05) is 11.5 Å². The SMILES string of the molecule is CC[C@@H](C)[C@@H]1NC(=O)[C@H](CS)NC(=O)[C@H](C(C)C)NC(=O)[C@H](CS)NC(=O)[C@H](Cc2ccc(O)cc2)NC(=O)[C@H](C)NC1=O. The zero-order valence-corrected chi connectivity index (χ0v) is 27.3. The summed E-state index contributed by atoms with van der Waals surface area (Å²) in [5, 5.41) is 25.4. The number of rotatable bonds is 7. The standard InChI is InChI=1S/C29H44N6O7S2/c1-6-15(4)23-29(42)30-16(5)24(37)31-19(11-17-7-9-18(36)10-8-17)25(38)32-20(12-43)26(39)34-22(14(2)3)28(41)33-21(13-44)27(40)35-23/h7-10,14-16,19-23,36,43-44H,6,11-13H2,1-5H3,(H,30,42)(H,31,37)(H,32,38)(H,33,41)(H,34,39)(H,35,40)/t15-,16+,19+,20+,21+,22+,23+/m1/s1. The largest absolute Gasteiger partial charge is 0.508 e. The van der Waals surface area contributed by atoms with Gasteiger partial charge in [-0.25, -0.2) is 0 Å². The summed E-state index contributed by atoms with van der Waals surface area (Å²) in [6.07, 6.45) is 0.507. The molecule has 0 unspecified atom stereocenters. The number of hydrogen-bond donors (Lipinski definition) is 9. The van der Waals surface area contributed by atoms with Crippen molar-refractivity contribution in [1.82, 2.24) is 31.9 Å². The third kappa shape index (κ3) is 10.3. The highest BCUT2D eigenvalue weighted by Gasteiger charge is 2.35. The quantitative estimate of drug-likeness (QED) is 0.176. The first-order valence-corrected chi connectivity index (χ1v) is 15.8. The molecule has 15 heteroatoms. The summed E-state index contributed by atoms with van der Waals surface area (Å²) in [5.74, 6) is -4.97. The van der Waals surface area contributed by atoms with Crippen LogP contribution >= 0.6 is 25.3 Å². The summed E-state index contributed by atoms with van der Waals surface area (Å²) in [7, 11) is 0. The van der Waals surface area contributed by atoms with Gasteiger partial charge >= 0.3 is 0 Å². The topological polar surface area (TPSA) is 195 Å². The molecule has 1 fully saturated rings. The molecule has 1 saturated heterocycles. The van der Waals surface area contributed by atoms with Crippen LogP contribution < -0.4 is 31.9 Å². The molecular formula is C29H44N6O7S2. The molecule has 13 nitrogen and oxygen atoms in total. The molecule has 0 aromatic heterocycles. The number of carbonyl (C=O) groups excluding carboxylic acids is 6. The van der Waals surface area contributed by atoms with Crippen LogP contribution in [0.4, 0.5) is 0 Å². The van der Waals surface area contributed by atoms with E-state index in [2.05, 4.69) is 57.2 Å². The number of nitrogens with one attached hydrogen (secondary N) is 6. The summed E-state index contributed by atoms with van der Waals surface area (Å²) >= 11 is 8.42. The van der Waals surface area contributed by atoms with Gasteiger partial charge < -0.3 is 37.0 Å². The van der Waals surface area contributed by atoms with Gasteiger partial charge in [0.2, 0.25) is 35.4 Å². The first kappa shape index (κ1) is 36.7. The van der Waals surface area contributed by atoms with E-state index in [4.69, 9.17) is 0 Å². The van der Waals surface area contributed by atoms with Gasteiger partial charge in [0.25, 0.3) is 0 Å². The fourth-order valence-corrected chi connectivity index (χ4v) is 4.92. The average Bonchev–Trinajstić information content (AvgIpc) is 2.98. The van der Waals surface area contributed by atoms with Crippen LogP contribution in [0.3, 0.4) is 0 Å². The summed E-state index contributed by atoms with van der Waals surface area (Å²) in [6.45, 7) is 8.44. The molecule has 44 heavy (non-hydrogen) atoms. The van der Waals surface area contributed by atoms with E-state index in [1.54, 1.807) is 32.9 Å². The second-order valence-electron chi connectivity index (χ2n) is 11.3. The lowest BCUT2D eigenvalue weighted by Crippen LogP contribution is -2.63. The Kier molecular flexibility index (Phi) is 14.3. The molecule has 0 spiro atoms. The minimum absolute atomic E-state index is 0.00682. The molecule has 7 atom stereocenters. The molecule has 1 aromatic rings. The van der Waals surface area contributed by atoms with Gasteiger partial charge in [-0.05, 0) is 36.5 Å². The van der Waals surface area contributed by atoms with E-state index in [0.717, 1.165) is 0 Å². The normalized spacial score (nSPS) is 27.1. The number of benzene rings is 1. The number of phenolic OH excluding ortho intramolecular Hbond substituents is 1. The number of carbonyl (C=O) groups is 6. The van der Waals surface area contributed by atoms with Gasteiger partial charge in [0.1, 0.15) is 42.0 Å². The Bertz CT molecular complexity index is 1200. The van der Waals surface area contributed by atoms with Gasteiger partial charge in [0.15, 0.2) is 0 Å². The van der Waals surface area contributed by atoms with Gasteiger partial charge in [0.05, 0.1) is 0 Å². The summed E-state index contributed by atoms with van der Waals surface area (Å²) in [6, 6.07) is -0.730. The molecule has 0 saturated carbocycles. The molecular weight excluding hydrogens is 608 g/mol. The van der Waals surface area contributed by atoms with Crippen LogP contribution in [0, 0.1) is 11.8 Å². The maximum Gasteiger partial charge on any atom is 0.244 e. The van der Waals surface area contributed by atoms with E-state index in [-0.39, 0.29) is 29.6 Å². The molecule has 0 aliphatic carbocycles. The summed E-state index contributed by atoms with van der Waals surface area (Å²) < 4.78 is 0. The van der Waals surface area contributed by atoms with E-state index in [9.17, 15) is 33.9 Å². The second-order valence-corrected chi connectivity index (χ2v) is 12.0. The molecule has 6 amide bonds. The third-order valence-electron chi connectivity index (χ3n) is 7.43. The first-order chi connectivity index (χ1) is 20.7. The molecule has 1 aliphatic rings. The molecule has 7 N–H and O–H groups in total. The fraction of sp³-hybridized carbons (Fsp3) is 0.586. The third-order valence-corrected chi connectivity index (χ3v) is 8.16. The Hall–Kier alpha value is -3.46. The minimum atomic E-state index is -1.19. The van der Waals surface area contributed by atoms with E-state index < -0.39 is 77.6 Å². The molecule has 1 heterocycles. The number of thiol groups is 2. The smallest absolute Gasteiger partial charge is 0.244 e. The van der Waals surface area contributed by atoms with Crippen molar-refractivity contribution >= 4 is 60.7 Å². The average molecular weight is 653 g/mol. The first-order valence-electron chi connectivity index (χ1n) is 14.5. The van der Waals surface area contributed by atoms with E-state index in [0.29, 0.717) is 12.0 Å². The van der Waals surface area contributed by atoms with Gasteiger partial charge in [-0.2, -0.15) is 25.3 Å². The van der Waals surface area contributed by atoms with E-state index in [1.807, 2.05) is 6.92 Å². The van der Waals surface area contributed by atoms with Crippen molar-refractivity contribution < 1.29 is 33.9 Å². The lowest BCUT2D eigenvalue weighted by Gasteiger charge is -2.30. The maximum absolute atomic E-state index is 13.5. The zero-order chi connectivity index (χ0) is 33.1. The highest BCUT2D eigenvalue weighted by atomic mass is 32.1. The van der Waals surface area contributed by atoms with Crippen molar-refractivity contribution in [1.29, 1.82) is 0 Å². The number of hydrogen-bond acceptors (Lipinski definition) is 9. The van der Waals surface area contributed by atoms with E-state index >= 15 is 0 Å².